The first-order valence-electron chi connectivity index (χ1n) is 10.4. The van der Waals surface area contributed by atoms with Crippen molar-refractivity contribution in [3.8, 4) is 6.07 Å². The molecule has 2 aliphatic rings. The van der Waals surface area contributed by atoms with Crippen LogP contribution in [0.2, 0.25) is 0 Å². The van der Waals surface area contributed by atoms with Crippen LogP contribution in [0.3, 0.4) is 0 Å². The Bertz CT molecular complexity index is 966. The third kappa shape index (κ3) is 4.22. The summed E-state index contributed by atoms with van der Waals surface area (Å²) in [4.78, 5) is 27.1. The van der Waals surface area contributed by atoms with Crippen LogP contribution in [0, 0.1) is 11.3 Å². The van der Waals surface area contributed by atoms with Crippen LogP contribution in [0.5, 0.6) is 0 Å². The van der Waals surface area contributed by atoms with Gasteiger partial charge in [-0.15, -0.1) is 0 Å². The van der Waals surface area contributed by atoms with Gasteiger partial charge in [-0.05, 0) is 68.0 Å². The minimum absolute atomic E-state index is 0.0478. The predicted octanol–water partition coefficient (Wildman–Crippen LogP) is 2.66. The third-order valence-corrected chi connectivity index (χ3v) is 6.10. The van der Waals surface area contributed by atoms with E-state index in [4.69, 9.17) is 5.26 Å². The zero-order chi connectivity index (χ0) is 21.1. The van der Waals surface area contributed by atoms with Gasteiger partial charge in [-0.1, -0.05) is 18.2 Å². The zero-order valence-electron chi connectivity index (χ0n) is 16.8. The van der Waals surface area contributed by atoms with Crippen molar-refractivity contribution >= 4 is 11.8 Å². The van der Waals surface area contributed by atoms with Crippen LogP contribution < -0.4 is 5.32 Å². The zero-order valence-corrected chi connectivity index (χ0v) is 16.8. The Kier molecular flexibility index (Phi) is 5.82. The van der Waals surface area contributed by atoms with Gasteiger partial charge in [-0.2, -0.15) is 5.26 Å². The maximum atomic E-state index is 13.0. The van der Waals surface area contributed by atoms with E-state index in [9.17, 15) is 14.7 Å². The second kappa shape index (κ2) is 8.68. The Morgan fingerprint density at radius 2 is 1.77 bits per heavy atom. The lowest BCUT2D eigenvalue weighted by Crippen LogP contribution is -2.48. The first-order valence-corrected chi connectivity index (χ1v) is 10.4. The van der Waals surface area contributed by atoms with Crippen molar-refractivity contribution in [2.75, 3.05) is 6.54 Å². The van der Waals surface area contributed by atoms with Crippen molar-refractivity contribution < 1.29 is 14.7 Å². The number of rotatable bonds is 5. The highest BCUT2D eigenvalue weighted by atomic mass is 16.3. The number of nitriles is 1. The molecule has 30 heavy (non-hydrogen) atoms. The van der Waals surface area contributed by atoms with E-state index in [0.717, 1.165) is 18.4 Å². The van der Waals surface area contributed by atoms with Crippen molar-refractivity contribution in [1.82, 2.24) is 10.2 Å². The van der Waals surface area contributed by atoms with Crippen molar-refractivity contribution in [2.24, 2.45) is 0 Å². The Hall–Kier alpha value is -3.17. The highest BCUT2D eigenvalue weighted by Crippen LogP contribution is 2.36. The molecular formula is C24H25N3O3. The lowest BCUT2D eigenvalue weighted by atomic mass is 9.98. The normalized spacial score (nSPS) is 22.4. The second-order valence-electron chi connectivity index (χ2n) is 8.12. The number of nitrogens with one attached hydrogen (secondary N) is 1. The molecule has 2 heterocycles. The maximum absolute atomic E-state index is 13.0. The predicted molar refractivity (Wildman–Crippen MR) is 112 cm³/mol. The molecule has 2 N–H and O–H groups in total. The lowest BCUT2D eigenvalue weighted by Gasteiger charge is -2.37. The van der Waals surface area contributed by atoms with Crippen molar-refractivity contribution in [2.45, 2.75) is 50.3 Å². The fourth-order valence-electron chi connectivity index (χ4n) is 4.60. The van der Waals surface area contributed by atoms with Gasteiger partial charge in [-0.3, -0.25) is 9.59 Å². The second-order valence-corrected chi connectivity index (χ2v) is 8.12. The van der Waals surface area contributed by atoms with Gasteiger partial charge in [0.25, 0.3) is 11.8 Å². The van der Waals surface area contributed by atoms with Crippen LogP contribution in [0.15, 0.2) is 48.5 Å². The first kappa shape index (κ1) is 20.1. The van der Waals surface area contributed by atoms with E-state index < -0.39 is 0 Å². The van der Waals surface area contributed by atoms with E-state index in [0.29, 0.717) is 42.5 Å². The van der Waals surface area contributed by atoms with Crippen LogP contribution >= 0.6 is 0 Å². The summed E-state index contributed by atoms with van der Waals surface area (Å²) in [6.45, 7) is 0.469. The minimum atomic E-state index is -0.286. The molecule has 0 spiro atoms. The molecule has 0 radical (unpaired) electrons. The minimum Gasteiger partial charge on any atom is -0.393 e. The van der Waals surface area contributed by atoms with Gasteiger partial charge in [-0.25, -0.2) is 0 Å². The number of amides is 2. The molecule has 2 atom stereocenters. The van der Waals surface area contributed by atoms with Gasteiger partial charge in [0, 0.05) is 29.8 Å². The molecule has 2 aromatic carbocycles. The summed E-state index contributed by atoms with van der Waals surface area (Å²) in [5.41, 5.74) is 2.63. The number of hydrogen-bond donors (Lipinski definition) is 2. The summed E-state index contributed by atoms with van der Waals surface area (Å²) in [6, 6.07) is 16.5. The Morgan fingerprint density at radius 3 is 2.43 bits per heavy atom. The fraction of sp³-hybridized carbons (Fsp3) is 0.375. The number of nitrogens with zero attached hydrogens (tertiary/aromatic N) is 2. The highest BCUT2D eigenvalue weighted by Gasteiger charge is 2.42. The average molecular weight is 403 g/mol. The van der Waals surface area contributed by atoms with Crippen LogP contribution in [-0.2, 0) is 6.42 Å². The summed E-state index contributed by atoms with van der Waals surface area (Å²) < 4.78 is 0. The van der Waals surface area contributed by atoms with Gasteiger partial charge < -0.3 is 15.3 Å². The third-order valence-electron chi connectivity index (χ3n) is 6.10. The molecular weight excluding hydrogens is 378 g/mol. The van der Waals surface area contributed by atoms with Crippen molar-refractivity contribution in [3.63, 3.8) is 0 Å². The largest absolute Gasteiger partial charge is 0.393 e. The van der Waals surface area contributed by atoms with E-state index in [-0.39, 0.29) is 30.0 Å². The number of aliphatic hydroxyl groups is 1. The molecule has 0 saturated carbocycles. The monoisotopic (exact) mass is 403 g/mol. The number of carbonyl (C=O) groups is 2. The summed E-state index contributed by atoms with van der Waals surface area (Å²) in [5, 5.41) is 21.7. The van der Waals surface area contributed by atoms with E-state index in [1.165, 1.54) is 0 Å². The molecule has 2 unspecified atom stereocenters. The quantitative estimate of drug-likeness (QED) is 0.803. The first-order chi connectivity index (χ1) is 14.5. The molecule has 2 saturated heterocycles. The van der Waals surface area contributed by atoms with Crippen molar-refractivity contribution in [3.05, 3.63) is 70.8 Å². The number of aliphatic hydroxyl groups excluding tert-OH is 1. The number of hydrogen-bond acceptors (Lipinski definition) is 4. The molecule has 2 amide bonds. The Morgan fingerprint density at radius 1 is 1.07 bits per heavy atom. The highest BCUT2D eigenvalue weighted by molar-refractivity contribution is 5.95. The molecule has 6 heteroatoms. The van der Waals surface area contributed by atoms with E-state index in [1.54, 1.807) is 24.3 Å². The number of benzene rings is 2. The molecule has 2 aromatic rings. The maximum Gasteiger partial charge on any atom is 0.254 e. The molecule has 154 valence electrons. The molecule has 0 aromatic heterocycles. The molecule has 2 bridgehead atoms. The van der Waals surface area contributed by atoms with E-state index >= 15 is 0 Å². The van der Waals surface area contributed by atoms with Gasteiger partial charge in [0.2, 0.25) is 0 Å². The standard InChI is InChI=1S/C24H25N3O3/c25-15-17-2-1-3-19(12-17)23(29)26-11-10-16-4-6-18(7-5-16)24(30)27-20-8-9-21(27)14-22(28)13-20/h1-7,12,20-22,28H,8-11,13-14H2,(H,26,29). The fourth-order valence-corrected chi connectivity index (χ4v) is 4.60. The van der Waals surface area contributed by atoms with Crippen LogP contribution in [0.1, 0.15) is 57.5 Å². The van der Waals surface area contributed by atoms with Gasteiger partial charge in [0.1, 0.15) is 0 Å². The Balaban J connectivity index is 1.31. The molecule has 0 aliphatic carbocycles. The van der Waals surface area contributed by atoms with Gasteiger partial charge in [0.05, 0.1) is 17.7 Å². The Labute approximate surface area is 176 Å². The van der Waals surface area contributed by atoms with E-state index in [1.807, 2.05) is 35.2 Å². The SMILES string of the molecule is N#Cc1cccc(C(=O)NCCc2ccc(C(=O)N3C4CCC3CC(O)C4)cc2)c1. The van der Waals surface area contributed by atoms with Crippen LogP contribution in [0.25, 0.3) is 0 Å². The summed E-state index contributed by atoms with van der Waals surface area (Å²) in [7, 11) is 0. The van der Waals surface area contributed by atoms with Gasteiger partial charge in [0.15, 0.2) is 0 Å². The summed E-state index contributed by atoms with van der Waals surface area (Å²) in [6.07, 6.45) is 3.67. The molecule has 2 fully saturated rings. The van der Waals surface area contributed by atoms with Crippen LogP contribution in [0.4, 0.5) is 0 Å². The topological polar surface area (TPSA) is 93.4 Å². The summed E-state index contributed by atoms with van der Waals surface area (Å²) >= 11 is 0. The number of piperidine rings is 1. The lowest BCUT2D eigenvalue weighted by molar-refractivity contribution is 0.0287. The smallest absolute Gasteiger partial charge is 0.254 e. The van der Waals surface area contributed by atoms with Crippen LogP contribution in [-0.4, -0.2) is 46.6 Å². The van der Waals surface area contributed by atoms with Gasteiger partial charge >= 0.3 is 0 Å². The van der Waals surface area contributed by atoms with Crippen molar-refractivity contribution in [1.29, 1.82) is 5.26 Å². The summed E-state index contributed by atoms with van der Waals surface area (Å²) in [5.74, 6) is -0.159. The average Bonchev–Trinajstić information content (AvgIpc) is 3.04. The number of carbonyl (C=O) groups excluding carboxylic acids is 2. The molecule has 6 nitrogen and oxygen atoms in total. The number of fused-ring (bicyclic) bond motifs is 2. The van der Waals surface area contributed by atoms with E-state index in [2.05, 4.69) is 5.32 Å². The molecule has 2 aliphatic heterocycles. The molecule has 4 rings (SSSR count).